The second kappa shape index (κ2) is 9.72. The van der Waals surface area contributed by atoms with Gasteiger partial charge in [0.05, 0.1) is 25.6 Å². The lowest BCUT2D eigenvalue weighted by Crippen LogP contribution is -2.57. The van der Waals surface area contributed by atoms with Gasteiger partial charge >= 0.3 is 12.0 Å². The molecule has 3 amide bonds. The average molecular weight is 456 g/mol. The summed E-state index contributed by atoms with van der Waals surface area (Å²) < 4.78 is 11.7. The number of esters is 1. The number of piperidine rings is 1. The van der Waals surface area contributed by atoms with Gasteiger partial charge in [-0.05, 0) is 25.0 Å². The zero-order valence-electron chi connectivity index (χ0n) is 19.0. The van der Waals surface area contributed by atoms with E-state index in [2.05, 4.69) is 14.7 Å². The van der Waals surface area contributed by atoms with E-state index < -0.39 is 17.5 Å². The fraction of sp³-hybridized carbons (Fsp3) is 0.478. The van der Waals surface area contributed by atoms with Crippen molar-refractivity contribution in [2.75, 3.05) is 47.0 Å². The molecule has 1 aromatic heterocycles. The van der Waals surface area contributed by atoms with Crippen molar-refractivity contribution in [1.29, 1.82) is 0 Å². The highest BCUT2D eigenvalue weighted by molar-refractivity contribution is 6.08. The minimum atomic E-state index is -0.950. The molecule has 0 saturated carbocycles. The van der Waals surface area contributed by atoms with Gasteiger partial charge in [-0.2, -0.15) is 5.10 Å². The zero-order chi connectivity index (χ0) is 23.4. The maximum atomic E-state index is 13.3. The second-order valence-electron chi connectivity index (χ2n) is 8.33. The molecule has 2 aliphatic rings. The summed E-state index contributed by atoms with van der Waals surface area (Å²) in [4.78, 5) is 43.0. The molecule has 2 fully saturated rings. The quantitative estimate of drug-likeness (QED) is 0.437. The topological polar surface area (TPSA) is 97.2 Å². The molecule has 10 nitrogen and oxygen atoms in total. The first kappa shape index (κ1) is 22.9. The normalized spacial score (nSPS) is 18.4. The van der Waals surface area contributed by atoms with E-state index in [0.29, 0.717) is 45.6 Å². The number of carbonyl (C=O) groups is 3. The molecule has 0 unspecified atom stereocenters. The summed E-state index contributed by atoms with van der Waals surface area (Å²) in [7, 11) is 2.80. The van der Waals surface area contributed by atoms with Crippen molar-refractivity contribution >= 4 is 17.9 Å². The monoisotopic (exact) mass is 455 g/mol. The van der Waals surface area contributed by atoms with Gasteiger partial charge in [0.25, 0.3) is 5.91 Å². The van der Waals surface area contributed by atoms with Crippen LogP contribution in [-0.2, 0) is 25.6 Å². The van der Waals surface area contributed by atoms with Gasteiger partial charge < -0.3 is 14.4 Å². The summed E-state index contributed by atoms with van der Waals surface area (Å²) in [5.74, 6) is -0.946. The predicted molar refractivity (Wildman–Crippen MR) is 119 cm³/mol. The minimum Gasteiger partial charge on any atom is -0.468 e. The van der Waals surface area contributed by atoms with Crippen LogP contribution in [0.2, 0.25) is 0 Å². The van der Waals surface area contributed by atoms with Crippen molar-refractivity contribution in [3.8, 4) is 5.69 Å². The first-order valence-electron chi connectivity index (χ1n) is 11.0. The van der Waals surface area contributed by atoms with Crippen LogP contribution in [0.5, 0.6) is 0 Å². The molecule has 2 aliphatic heterocycles. The van der Waals surface area contributed by atoms with Crippen LogP contribution in [0.25, 0.3) is 5.69 Å². The van der Waals surface area contributed by atoms with Crippen molar-refractivity contribution < 1.29 is 23.9 Å². The van der Waals surface area contributed by atoms with Gasteiger partial charge in [-0.25, -0.2) is 9.48 Å². The van der Waals surface area contributed by atoms with Crippen molar-refractivity contribution in [3.63, 3.8) is 0 Å². The van der Waals surface area contributed by atoms with Gasteiger partial charge in [-0.15, -0.1) is 0 Å². The molecule has 33 heavy (non-hydrogen) atoms. The van der Waals surface area contributed by atoms with E-state index >= 15 is 0 Å². The predicted octanol–water partition coefficient (Wildman–Crippen LogP) is 1.29. The van der Waals surface area contributed by atoms with Gasteiger partial charge in [0.15, 0.2) is 0 Å². The maximum Gasteiger partial charge on any atom is 0.328 e. The van der Waals surface area contributed by atoms with Crippen molar-refractivity contribution in [3.05, 3.63) is 48.3 Å². The molecular weight excluding hydrogens is 426 g/mol. The highest BCUT2D eigenvalue weighted by Crippen LogP contribution is 2.37. The summed E-state index contributed by atoms with van der Waals surface area (Å²) in [5.41, 5.74) is 1.12. The lowest BCUT2D eigenvalue weighted by atomic mass is 9.85. The van der Waals surface area contributed by atoms with Gasteiger partial charge in [0.2, 0.25) is 0 Å². The molecule has 1 spiro atoms. The molecule has 2 saturated heterocycles. The van der Waals surface area contributed by atoms with Crippen LogP contribution < -0.4 is 0 Å². The van der Waals surface area contributed by atoms with E-state index in [9.17, 15) is 14.4 Å². The van der Waals surface area contributed by atoms with Crippen LogP contribution in [-0.4, -0.2) is 94.9 Å². The van der Waals surface area contributed by atoms with Crippen molar-refractivity contribution in [2.45, 2.75) is 24.9 Å². The van der Waals surface area contributed by atoms with Crippen LogP contribution in [0.1, 0.15) is 18.4 Å². The number of aromatic nitrogens is 2. The fourth-order valence-electron chi connectivity index (χ4n) is 4.59. The lowest BCUT2D eigenvalue weighted by molar-refractivity contribution is -0.146. The number of hydrogen-bond donors (Lipinski definition) is 0. The number of nitrogens with zero attached hydrogens (tertiary/aromatic N) is 5. The van der Waals surface area contributed by atoms with Gasteiger partial charge in [0, 0.05) is 45.0 Å². The standard InChI is InChI=1S/C23H29N5O5/c1-32-13-12-27-22(31)26(17-20(29)33-2)21(30)23(27)8-10-25(11-9-23)15-18-14-24-28(16-18)19-6-4-3-5-7-19/h3-7,14,16H,8-13,15,17H2,1-2H3. The number of methoxy groups -OCH3 is 2. The van der Waals surface area contributed by atoms with Gasteiger partial charge in [-0.3, -0.25) is 19.4 Å². The Labute approximate surface area is 192 Å². The number of imide groups is 1. The van der Waals surface area contributed by atoms with E-state index in [1.807, 2.05) is 47.4 Å². The summed E-state index contributed by atoms with van der Waals surface area (Å²) in [6.45, 7) is 2.23. The fourth-order valence-corrected chi connectivity index (χ4v) is 4.59. The largest absolute Gasteiger partial charge is 0.468 e. The minimum absolute atomic E-state index is 0.294. The summed E-state index contributed by atoms with van der Waals surface area (Å²) in [6.07, 6.45) is 4.84. The highest BCUT2D eigenvalue weighted by atomic mass is 16.5. The third-order valence-corrected chi connectivity index (χ3v) is 6.40. The molecule has 10 heteroatoms. The molecule has 0 aliphatic carbocycles. The van der Waals surface area contributed by atoms with Gasteiger partial charge in [0.1, 0.15) is 12.1 Å². The number of para-hydroxylation sites is 1. The number of ether oxygens (including phenoxy) is 2. The van der Waals surface area contributed by atoms with Crippen molar-refractivity contribution in [1.82, 2.24) is 24.5 Å². The van der Waals surface area contributed by atoms with Crippen LogP contribution in [0.3, 0.4) is 0 Å². The first-order valence-corrected chi connectivity index (χ1v) is 11.0. The molecule has 4 rings (SSSR count). The molecule has 0 bridgehead atoms. The van der Waals surface area contributed by atoms with E-state index in [0.717, 1.165) is 16.2 Å². The Hall–Kier alpha value is -3.24. The third kappa shape index (κ3) is 4.49. The number of benzene rings is 1. The highest BCUT2D eigenvalue weighted by Gasteiger charge is 2.58. The molecule has 3 heterocycles. The Kier molecular flexibility index (Phi) is 6.75. The molecular formula is C23H29N5O5. The third-order valence-electron chi connectivity index (χ3n) is 6.40. The summed E-state index contributed by atoms with van der Waals surface area (Å²) >= 11 is 0. The molecule has 0 atom stereocenters. The Balaban J connectivity index is 1.44. The summed E-state index contributed by atoms with van der Waals surface area (Å²) in [6, 6.07) is 9.45. The Bertz CT molecular complexity index is 1000. The molecule has 2 aromatic rings. The summed E-state index contributed by atoms with van der Waals surface area (Å²) in [5, 5.41) is 4.45. The Morgan fingerprint density at radius 2 is 1.85 bits per heavy atom. The first-order chi connectivity index (χ1) is 16.0. The molecule has 176 valence electrons. The van der Waals surface area contributed by atoms with E-state index in [1.54, 1.807) is 12.0 Å². The number of likely N-dealkylation sites (tertiary alicyclic amines) is 1. The molecule has 1 aromatic carbocycles. The average Bonchev–Trinajstić information content (AvgIpc) is 3.38. The van der Waals surface area contributed by atoms with Crippen LogP contribution in [0, 0.1) is 0 Å². The number of amides is 3. The Morgan fingerprint density at radius 1 is 1.12 bits per heavy atom. The van der Waals surface area contributed by atoms with Crippen molar-refractivity contribution in [2.24, 2.45) is 0 Å². The van der Waals surface area contributed by atoms with E-state index in [4.69, 9.17) is 4.74 Å². The second-order valence-corrected chi connectivity index (χ2v) is 8.33. The SMILES string of the molecule is COCCN1C(=O)N(CC(=O)OC)C(=O)C12CCN(Cc1cnn(-c3ccccc3)c1)CC2. The van der Waals surface area contributed by atoms with Crippen LogP contribution in [0.4, 0.5) is 4.79 Å². The van der Waals surface area contributed by atoms with E-state index in [-0.39, 0.29) is 12.5 Å². The molecule has 0 N–H and O–H groups in total. The van der Waals surface area contributed by atoms with E-state index in [1.165, 1.54) is 7.11 Å². The Morgan fingerprint density at radius 3 is 2.52 bits per heavy atom. The maximum absolute atomic E-state index is 13.3. The zero-order valence-corrected chi connectivity index (χ0v) is 19.0. The smallest absolute Gasteiger partial charge is 0.328 e. The number of carbonyl (C=O) groups excluding carboxylic acids is 3. The number of rotatable bonds is 8. The number of urea groups is 1. The number of hydrogen-bond acceptors (Lipinski definition) is 7. The van der Waals surface area contributed by atoms with Crippen LogP contribution >= 0.6 is 0 Å². The lowest BCUT2D eigenvalue weighted by Gasteiger charge is -2.42. The van der Waals surface area contributed by atoms with Crippen LogP contribution in [0.15, 0.2) is 42.7 Å². The van der Waals surface area contributed by atoms with Gasteiger partial charge in [-0.1, -0.05) is 18.2 Å². The molecule has 0 radical (unpaired) electrons.